The molecule has 0 bridgehead atoms. The van der Waals surface area contributed by atoms with Crippen LogP contribution in [-0.2, 0) is 14.3 Å². The second-order valence-corrected chi connectivity index (χ2v) is 7.54. The van der Waals surface area contributed by atoms with Gasteiger partial charge < -0.3 is 19.7 Å². The number of hydrogen-bond donors (Lipinski definition) is 1. The number of ether oxygens (including phenoxy) is 2. The van der Waals surface area contributed by atoms with Crippen molar-refractivity contribution in [2.45, 2.75) is 45.6 Å². The standard InChI is InChI=1S/C24H28N2O5/c1-3-4-7-14-30-19-12-10-18(11-13-19)24(29)31-16-23(28)26-17(2)15-22(27)25-20-8-5-6-9-21(20)26/h5-6,8-13,17H,3-4,7,14-16H2,1-2H3,(H,25,27)/t17-/m1/s1. The Kier molecular flexibility index (Phi) is 7.65. The van der Waals surface area contributed by atoms with E-state index in [9.17, 15) is 14.4 Å². The molecule has 1 aliphatic rings. The normalized spacial score (nSPS) is 15.5. The van der Waals surface area contributed by atoms with Gasteiger partial charge in [0.05, 0.1) is 23.5 Å². The number of nitrogens with one attached hydrogen (secondary N) is 1. The van der Waals surface area contributed by atoms with Crippen molar-refractivity contribution in [3.63, 3.8) is 0 Å². The van der Waals surface area contributed by atoms with Gasteiger partial charge in [-0.3, -0.25) is 9.59 Å². The number of anilines is 2. The molecule has 0 aromatic heterocycles. The third kappa shape index (κ3) is 5.84. The second-order valence-electron chi connectivity index (χ2n) is 7.54. The Labute approximate surface area is 182 Å². The third-order valence-corrected chi connectivity index (χ3v) is 5.06. The number of amides is 2. The maximum atomic E-state index is 12.9. The van der Waals surface area contributed by atoms with Gasteiger partial charge in [0, 0.05) is 12.5 Å². The first-order valence-corrected chi connectivity index (χ1v) is 10.6. The monoisotopic (exact) mass is 424 g/mol. The summed E-state index contributed by atoms with van der Waals surface area (Å²) in [5, 5.41) is 2.80. The number of esters is 1. The molecule has 0 fully saturated rings. The summed E-state index contributed by atoms with van der Waals surface area (Å²) in [4.78, 5) is 38.8. The highest BCUT2D eigenvalue weighted by Crippen LogP contribution is 2.31. The molecule has 7 heteroatoms. The lowest BCUT2D eigenvalue weighted by Crippen LogP contribution is -2.41. The lowest BCUT2D eigenvalue weighted by Gasteiger charge is -2.27. The van der Waals surface area contributed by atoms with Crippen molar-refractivity contribution < 1.29 is 23.9 Å². The fourth-order valence-electron chi connectivity index (χ4n) is 3.48. The van der Waals surface area contributed by atoms with E-state index >= 15 is 0 Å². The number of fused-ring (bicyclic) bond motifs is 1. The molecule has 164 valence electrons. The number of benzene rings is 2. The van der Waals surface area contributed by atoms with Crippen molar-refractivity contribution in [2.24, 2.45) is 0 Å². The van der Waals surface area contributed by atoms with Crippen molar-refractivity contribution in [3.8, 4) is 5.75 Å². The van der Waals surface area contributed by atoms with E-state index in [-0.39, 0.29) is 24.3 Å². The quantitative estimate of drug-likeness (QED) is 0.508. The van der Waals surface area contributed by atoms with Gasteiger partial charge in [-0.05, 0) is 49.7 Å². The van der Waals surface area contributed by atoms with E-state index in [1.54, 1.807) is 55.5 Å². The molecule has 3 rings (SSSR count). The molecule has 1 aliphatic heterocycles. The summed E-state index contributed by atoms with van der Waals surface area (Å²) in [7, 11) is 0. The zero-order chi connectivity index (χ0) is 22.2. The number of carbonyl (C=O) groups excluding carboxylic acids is 3. The number of para-hydroxylation sites is 2. The van der Waals surface area contributed by atoms with Crippen LogP contribution in [0, 0.1) is 0 Å². The highest BCUT2D eigenvalue weighted by molar-refractivity contribution is 6.05. The number of rotatable bonds is 8. The maximum Gasteiger partial charge on any atom is 0.338 e. The number of carbonyl (C=O) groups is 3. The molecule has 1 N–H and O–H groups in total. The van der Waals surface area contributed by atoms with Crippen molar-refractivity contribution in [2.75, 3.05) is 23.4 Å². The highest BCUT2D eigenvalue weighted by Gasteiger charge is 2.30. The second kappa shape index (κ2) is 10.6. The molecule has 2 aromatic carbocycles. The summed E-state index contributed by atoms with van der Waals surface area (Å²) in [6.07, 6.45) is 3.39. The number of hydrogen-bond acceptors (Lipinski definition) is 5. The van der Waals surface area contributed by atoms with Crippen LogP contribution in [0.5, 0.6) is 5.75 Å². The average molecular weight is 424 g/mol. The fraction of sp³-hybridized carbons (Fsp3) is 0.375. The van der Waals surface area contributed by atoms with E-state index in [0.717, 1.165) is 19.3 Å². The van der Waals surface area contributed by atoms with Gasteiger partial charge in [-0.2, -0.15) is 0 Å². The summed E-state index contributed by atoms with van der Waals surface area (Å²) < 4.78 is 10.9. The van der Waals surface area contributed by atoms with Crippen LogP contribution in [0.2, 0.25) is 0 Å². The first-order valence-electron chi connectivity index (χ1n) is 10.6. The molecular formula is C24H28N2O5. The Morgan fingerprint density at radius 1 is 1.10 bits per heavy atom. The van der Waals surface area contributed by atoms with E-state index in [0.29, 0.717) is 29.3 Å². The van der Waals surface area contributed by atoms with Crippen LogP contribution in [-0.4, -0.2) is 37.0 Å². The molecular weight excluding hydrogens is 396 g/mol. The number of nitrogens with zero attached hydrogens (tertiary/aromatic N) is 1. The minimum Gasteiger partial charge on any atom is -0.494 e. The molecule has 2 amide bonds. The minimum absolute atomic E-state index is 0.161. The molecule has 31 heavy (non-hydrogen) atoms. The maximum absolute atomic E-state index is 12.9. The summed E-state index contributed by atoms with van der Waals surface area (Å²) in [6, 6.07) is 13.4. The van der Waals surface area contributed by atoms with Gasteiger partial charge in [0.15, 0.2) is 6.61 Å². The van der Waals surface area contributed by atoms with Crippen molar-refractivity contribution in [1.29, 1.82) is 0 Å². The van der Waals surface area contributed by atoms with E-state index in [1.807, 2.05) is 0 Å². The van der Waals surface area contributed by atoms with E-state index in [4.69, 9.17) is 9.47 Å². The van der Waals surface area contributed by atoms with Crippen LogP contribution in [0.15, 0.2) is 48.5 Å². The van der Waals surface area contributed by atoms with Crippen molar-refractivity contribution in [3.05, 3.63) is 54.1 Å². The van der Waals surface area contributed by atoms with Crippen LogP contribution in [0.4, 0.5) is 11.4 Å². The first-order chi connectivity index (χ1) is 15.0. The van der Waals surface area contributed by atoms with Gasteiger partial charge >= 0.3 is 5.97 Å². The van der Waals surface area contributed by atoms with Gasteiger partial charge in [0.25, 0.3) is 5.91 Å². The molecule has 7 nitrogen and oxygen atoms in total. The van der Waals surface area contributed by atoms with Gasteiger partial charge in [-0.1, -0.05) is 31.9 Å². The minimum atomic E-state index is -0.587. The van der Waals surface area contributed by atoms with Gasteiger partial charge in [-0.15, -0.1) is 0 Å². The zero-order valence-corrected chi connectivity index (χ0v) is 17.9. The Morgan fingerprint density at radius 2 is 1.84 bits per heavy atom. The first kappa shape index (κ1) is 22.3. The third-order valence-electron chi connectivity index (χ3n) is 5.06. The smallest absolute Gasteiger partial charge is 0.338 e. The number of unbranched alkanes of at least 4 members (excludes halogenated alkanes) is 2. The van der Waals surface area contributed by atoms with Gasteiger partial charge in [0.1, 0.15) is 5.75 Å². The predicted octanol–water partition coefficient (Wildman–Crippen LogP) is 4.18. The van der Waals surface area contributed by atoms with E-state index in [1.165, 1.54) is 4.90 Å². The van der Waals surface area contributed by atoms with Crippen molar-refractivity contribution >= 4 is 29.2 Å². The largest absolute Gasteiger partial charge is 0.494 e. The van der Waals surface area contributed by atoms with Gasteiger partial charge in [-0.25, -0.2) is 4.79 Å². The predicted molar refractivity (Wildman–Crippen MR) is 118 cm³/mol. The molecule has 0 saturated carbocycles. The van der Waals surface area contributed by atoms with E-state index < -0.39 is 12.6 Å². The molecule has 0 aliphatic carbocycles. The Hall–Kier alpha value is -3.35. The molecule has 0 saturated heterocycles. The van der Waals surface area contributed by atoms with Crippen LogP contribution >= 0.6 is 0 Å². The van der Waals surface area contributed by atoms with Crippen molar-refractivity contribution in [1.82, 2.24) is 0 Å². The zero-order valence-electron chi connectivity index (χ0n) is 17.9. The van der Waals surface area contributed by atoms with Gasteiger partial charge in [0.2, 0.25) is 5.91 Å². The molecule has 0 radical (unpaired) electrons. The summed E-state index contributed by atoms with van der Waals surface area (Å²) in [5.41, 5.74) is 1.49. The van der Waals surface area contributed by atoms with Crippen LogP contribution in [0.25, 0.3) is 0 Å². The van der Waals surface area contributed by atoms with Crippen LogP contribution in [0.1, 0.15) is 49.9 Å². The Balaban J connectivity index is 1.60. The molecule has 0 spiro atoms. The topological polar surface area (TPSA) is 84.9 Å². The molecule has 1 heterocycles. The highest BCUT2D eigenvalue weighted by atomic mass is 16.5. The Morgan fingerprint density at radius 3 is 2.58 bits per heavy atom. The SMILES string of the molecule is CCCCCOc1ccc(C(=O)OCC(=O)N2c3ccccc3NC(=O)C[C@H]2C)cc1. The summed E-state index contributed by atoms with van der Waals surface area (Å²) in [6.45, 7) is 4.15. The molecule has 2 aromatic rings. The lowest BCUT2D eigenvalue weighted by molar-refractivity contribution is -0.122. The lowest BCUT2D eigenvalue weighted by atomic mass is 10.1. The fourth-order valence-corrected chi connectivity index (χ4v) is 3.48. The molecule has 1 atom stereocenters. The van der Waals surface area contributed by atoms with Crippen LogP contribution < -0.4 is 15.0 Å². The summed E-state index contributed by atoms with van der Waals surface area (Å²) >= 11 is 0. The van der Waals surface area contributed by atoms with Crippen LogP contribution in [0.3, 0.4) is 0 Å². The molecule has 0 unspecified atom stereocenters. The van der Waals surface area contributed by atoms with E-state index in [2.05, 4.69) is 12.2 Å². The Bertz CT molecular complexity index is 926. The summed E-state index contributed by atoms with van der Waals surface area (Å²) in [5.74, 6) is -0.448. The average Bonchev–Trinajstić information content (AvgIpc) is 2.89.